The molecule has 2 aromatic heterocycles. The average Bonchev–Trinajstić information content (AvgIpc) is 2.97. The minimum Gasteiger partial charge on any atom is -0.372 e. The normalized spacial score (nSPS) is 17.6. The number of aromatic nitrogens is 4. The first-order valence-electron chi connectivity index (χ1n) is 8.45. The van der Waals surface area contributed by atoms with Crippen molar-refractivity contribution >= 4 is 11.7 Å². The Kier molecular flexibility index (Phi) is 5.28. The monoisotopic (exact) mass is 344 g/mol. The highest BCUT2D eigenvalue weighted by Crippen LogP contribution is 2.25. The number of amides is 1. The minimum absolute atomic E-state index is 0.131. The Hall–Kier alpha value is -2.48. The number of carbonyl (C=O) groups is 1. The minimum atomic E-state index is -0.256. The van der Waals surface area contributed by atoms with Crippen molar-refractivity contribution in [2.75, 3.05) is 32.1 Å². The van der Waals surface area contributed by atoms with E-state index < -0.39 is 0 Å². The molecule has 25 heavy (non-hydrogen) atoms. The predicted octanol–water partition coefficient (Wildman–Crippen LogP) is 1.09. The van der Waals surface area contributed by atoms with Gasteiger partial charge >= 0.3 is 0 Å². The summed E-state index contributed by atoms with van der Waals surface area (Å²) in [4.78, 5) is 23.1. The molecule has 1 atom stereocenters. The number of carbonyl (C=O) groups excluding carboxylic acids is 1. The second-order valence-electron chi connectivity index (χ2n) is 6.15. The van der Waals surface area contributed by atoms with Crippen molar-refractivity contribution in [1.82, 2.24) is 24.6 Å². The molecule has 1 aliphatic heterocycles. The topological polar surface area (TPSA) is 85.2 Å². The van der Waals surface area contributed by atoms with Crippen molar-refractivity contribution in [3.05, 3.63) is 35.5 Å². The number of hydrogen-bond donors (Lipinski definition) is 1. The quantitative estimate of drug-likeness (QED) is 0.874. The van der Waals surface area contributed by atoms with Gasteiger partial charge in [0.05, 0.1) is 18.8 Å². The summed E-state index contributed by atoms with van der Waals surface area (Å²) in [5.41, 5.74) is 2.84. The lowest BCUT2D eigenvalue weighted by Crippen LogP contribution is -2.42. The first-order valence-corrected chi connectivity index (χ1v) is 8.45. The molecule has 1 saturated heterocycles. The van der Waals surface area contributed by atoms with E-state index in [1.165, 1.54) is 0 Å². The fourth-order valence-corrected chi connectivity index (χ4v) is 3.11. The molecule has 0 bridgehead atoms. The maximum absolute atomic E-state index is 12.6. The van der Waals surface area contributed by atoms with Gasteiger partial charge in [-0.05, 0) is 18.9 Å². The summed E-state index contributed by atoms with van der Waals surface area (Å²) in [6.07, 6.45) is 6.17. The second kappa shape index (κ2) is 7.60. The molecule has 3 heterocycles. The second-order valence-corrected chi connectivity index (χ2v) is 6.15. The molecule has 0 aromatic carbocycles. The van der Waals surface area contributed by atoms with Crippen molar-refractivity contribution in [3.63, 3.8) is 0 Å². The molecule has 0 saturated carbocycles. The van der Waals surface area contributed by atoms with Gasteiger partial charge in [-0.2, -0.15) is 5.10 Å². The molecule has 0 aliphatic carbocycles. The Balaban J connectivity index is 1.62. The Labute approximate surface area is 147 Å². The third-order valence-corrected chi connectivity index (χ3v) is 4.41. The van der Waals surface area contributed by atoms with E-state index in [4.69, 9.17) is 4.74 Å². The van der Waals surface area contributed by atoms with Gasteiger partial charge in [-0.1, -0.05) is 0 Å². The highest BCUT2D eigenvalue weighted by Gasteiger charge is 2.28. The zero-order valence-corrected chi connectivity index (χ0v) is 14.9. The smallest absolute Gasteiger partial charge is 0.223 e. The van der Waals surface area contributed by atoms with Gasteiger partial charge in [-0.3, -0.25) is 14.5 Å². The van der Waals surface area contributed by atoms with E-state index in [1.807, 2.05) is 25.1 Å². The number of nitrogens with one attached hydrogen (secondary N) is 1. The average molecular weight is 344 g/mol. The fourth-order valence-electron chi connectivity index (χ4n) is 3.11. The standard InChI is InChI=1S/C17H24N6O2/c1-12-13(10-22(3)21-12)4-5-15(24)23-8-9-25-14(11-23)16-17(18-2)20-7-6-19-16/h6-7,10,14H,4-5,8-9,11H2,1-3H3,(H,18,20)/t14-/m0/s1. The largest absolute Gasteiger partial charge is 0.372 e. The molecule has 134 valence electrons. The number of ether oxygens (including phenoxy) is 1. The number of aryl methyl sites for hydroxylation is 3. The third-order valence-electron chi connectivity index (χ3n) is 4.41. The molecule has 1 amide bonds. The van der Waals surface area contributed by atoms with Crippen LogP contribution in [0.3, 0.4) is 0 Å². The summed E-state index contributed by atoms with van der Waals surface area (Å²) >= 11 is 0. The molecular weight excluding hydrogens is 320 g/mol. The van der Waals surface area contributed by atoms with Crippen LogP contribution in [0.4, 0.5) is 5.82 Å². The maximum Gasteiger partial charge on any atom is 0.223 e. The molecule has 8 heteroatoms. The lowest BCUT2D eigenvalue weighted by Gasteiger charge is -2.33. The molecule has 0 spiro atoms. The van der Waals surface area contributed by atoms with Crippen LogP contribution >= 0.6 is 0 Å². The first kappa shape index (κ1) is 17.3. The van der Waals surface area contributed by atoms with Crippen molar-refractivity contribution in [2.24, 2.45) is 7.05 Å². The maximum atomic E-state index is 12.6. The lowest BCUT2D eigenvalue weighted by atomic mass is 10.1. The molecule has 1 fully saturated rings. The number of morpholine rings is 1. The zero-order chi connectivity index (χ0) is 17.8. The molecule has 8 nitrogen and oxygen atoms in total. The van der Waals surface area contributed by atoms with Crippen molar-refractivity contribution < 1.29 is 9.53 Å². The van der Waals surface area contributed by atoms with Gasteiger partial charge in [0.2, 0.25) is 5.91 Å². The SMILES string of the molecule is CNc1nccnc1[C@@H]1CN(C(=O)CCc2cn(C)nc2C)CCO1. The molecule has 1 aliphatic rings. The number of nitrogens with zero attached hydrogens (tertiary/aromatic N) is 5. The summed E-state index contributed by atoms with van der Waals surface area (Å²) in [7, 11) is 3.70. The molecule has 3 rings (SSSR count). The van der Waals surface area contributed by atoms with Gasteiger partial charge in [-0.25, -0.2) is 4.98 Å². The Morgan fingerprint density at radius 3 is 2.92 bits per heavy atom. The summed E-state index contributed by atoms with van der Waals surface area (Å²) in [5, 5.41) is 7.35. The summed E-state index contributed by atoms with van der Waals surface area (Å²) in [5.74, 6) is 0.819. The van der Waals surface area contributed by atoms with Crippen LogP contribution in [0, 0.1) is 6.92 Å². The zero-order valence-electron chi connectivity index (χ0n) is 14.9. The van der Waals surface area contributed by atoms with Crippen LogP contribution in [0.5, 0.6) is 0 Å². The van der Waals surface area contributed by atoms with Crippen LogP contribution in [-0.2, 0) is 23.0 Å². The molecule has 1 N–H and O–H groups in total. The van der Waals surface area contributed by atoms with E-state index in [-0.39, 0.29) is 12.0 Å². The summed E-state index contributed by atoms with van der Waals surface area (Å²) in [6.45, 7) is 3.58. The first-order chi connectivity index (χ1) is 12.1. The summed E-state index contributed by atoms with van der Waals surface area (Å²) in [6, 6.07) is 0. The Bertz CT molecular complexity index is 744. The van der Waals surface area contributed by atoms with E-state index in [1.54, 1.807) is 24.1 Å². The number of rotatable bonds is 5. The molecule has 0 unspecified atom stereocenters. The predicted molar refractivity (Wildman–Crippen MR) is 93.1 cm³/mol. The van der Waals surface area contributed by atoms with E-state index in [9.17, 15) is 4.79 Å². The third kappa shape index (κ3) is 3.96. The van der Waals surface area contributed by atoms with Crippen molar-refractivity contribution in [3.8, 4) is 0 Å². The van der Waals surface area contributed by atoms with Gasteiger partial charge in [0.15, 0.2) is 0 Å². The van der Waals surface area contributed by atoms with Crippen LogP contribution in [0.2, 0.25) is 0 Å². The lowest BCUT2D eigenvalue weighted by molar-refractivity contribution is -0.139. The highest BCUT2D eigenvalue weighted by atomic mass is 16.5. The molecule has 2 aromatic rings. The van der Waals surface area contributed by atoms with Crippen LogP contribution in [0.25, 0.3) is 0 Å². The number of hydrogen-bond acceptors (Lipinski definition) is 6. The molecule has 0 radical (unpaired) electrons. The van der Waals surface area contributed by atoms with Gasteiger partial charge in [0, 0.05) is 45.7 Å². The van der Waals surface area contributed by atoms with Gasteiger partial charge in [0.25, 0.3) is 0 Å². The van der Waals surface area contributed by atoms with Gasteiger partial charge < -0.3 is 15.0 Å². The molecular formula is C17H24N6O2. The van der Waals surface area contributed by atoms with Crippen LogP contribution in [0.1, 0.15) is 29.5 Å². The highest BCUT2D eigenvalue weighted by molar-refractivity contribution is 5.76. The van der Waals surface area contributed by atoms with Gasteiger partial charge in [0.1, 0.15) is 17.6 Å². The van der Waals surface area contributed by atoms with Crippen LogP contribution in [-0.4, -0.2) is 57.3 Å². The van der Waals surface area contributed by atoms with E-state index in [0.717, 1.165) is 17.0 Å². The summed E-state index contributed by atoms with van der Waals surface area (Å²) < 4.78 is 7.61. The van der Waals surface area contributed by atoms with Crippen molar-refractivity contribution in [1.29, 1.82) is 0 Å². The van der Waals surface area contributed by atoms with Crippen LogP contribution in [0.15, 0.2) is 18.6 Å². The fraction of sp³-hybridized carbons (Fsp3) is 0.529. The van der Waals surface area contributed by atoms with E-state index in [2.05, 4.69) is 20.4 Å². The van der Waals surface area contributed by atoms with Gasteiger partial charge in [-0.15, -0.1) is 0 Å². The Morgan fingerprint density at radius 2 is 2.20 bits per heavy atom. The van der Waals surface area contributed by atoms with E-state index >= 15 is 0 Å². The van der Waals surface area contributed by atoms with E-state index in [0.29, 0.717) is 38.4 Å². The van der Waals surface area contributed by atoms with Crippen LogP contribution < -0.4 is 5.32 Å². The Morgan fingerprint density at radius 1 is 1.40 bits per heavy atom. The number of anilines is 1. The van der Waals surface area contributed by atoms with Crippen molar-refractivity contribution in [2.45, 2.75) is 25.9 Å².